The lowest BCUT2D eigenvalue weighted by molar-refractivity contribution is -0.139. The van der Waals surface area contributed by atoms with Gasteiger partial charge in [0, 0.05) is 6.54 Å². The van der Waals surface area contributed by atoms with Gasteiger partial charge in [0.25, 0.3) is 0 Å². The Hall–Kier alpha value is -1.46. The Morgan fingerprint density at radius 3 is 2.90 bits per heavy atom. The quantitative estimate of drug-likeness (QED) is 0.810. The Bertz CT molecular complexity index is 507. The highest BCUT2D eigenvalue weighted by molar-refractivity contribution is 6.32. The van der Waals surface area contributed by atoms with Gasteiger partial charge in [0.2, 0.25) is 0 Å². The fourth-order valence-electron chi connectivity index (χ4n) is 2.23. The number of carbonyl (C=O) groups is 1. The van der Waals surface area contributed by atoms with Crippen LogP contribution in [0, 0.1) is 0 Å². The van der Waals surface area contributed by atoms with Crippen LogP contribution in [-0.2, 0) is 11.3 Å². The third kappa shape index (κ3) is 4.25. The number of rotatable bonds is 7. The normalized spacial score (nSPS) is 14.8. The van der Waals surface area contributed by atoms with Gasteiger partial charge in [-0.05, 0) is 24.1 Å². The first-order valence-corrected chi connectivity index (χ1v) is 7.53. The fourth-order valence-corrected chi connectivity index (χ4v) is 2.52. The topological polar surface area (TPSA) is 67.8 Å². The van der Waals surface area contributed by atoms with Crippen LogP contribution in [-0.4, -0.2) is 30.3 Å². The highest BCUT2D eigenvalue weighted by Crippen LogP contribution is 2.38. The molecule has 0 spiro atoms. The van der Waals surface area contributed by atoms with Crippen molar-refractivity contribution >= 4 is 17.6 Å². The summed E-state index contributed by atoms with van der Waals surface area (Å²) in [5, 5.41) is 12.7. The number of nitrogens with one attached hydrogen (secondary N) is 1. The van der Waals surface area contributed by atoms with Gasteiger partial charge in [0.1, 0.15) is 19.3 Å². The van der Waals surface area contributed by atoms with E-state index in [-0.39, 0.29) is 0 Å². The lowest BCUT2D eigenvalue weighted by Crippen LogP contribution is -2.36. The van der Waals surface area contributed by atoms with Crippen molar-refractivity contribution in [3.8, 4) is 11.5 Å². The molecule has 1 aromatic carbocycles. The molecule has 6 heteroatoms. The van der Waals surface area contributed by atoms with Gasteiger partial charge in [-0.3, -0.25) is 4.79 Å². The SMILES string of the molecule is CCCC[C@H](NCc1cc(Cl)c2c(c1)OCCO2)C(=O)O. The van der Waals surface area contributed by atoms with Crippen molar-refractivity contribution in [2.75, 3.05) is 13.2 Å². The summed E-state index contributed by atoms with van der Waals surface area (Å²) in [7, 11) is 0. The highest BCUT2D eigenvalue weighted by atomic mass is 35.5. The minimum absolute atomic E-state index is 0.428. The Morgan fingerprint density at radius 1 is 1.43 bits per heavy atom. The van der Waals surface area contributed by atoms with Crippen molar-refractivity contribution in [1.82, 2.24) is 5.32 Å². The molecule has 0 saturated carbocycles. The predicted octanol–water partition coefficient (Wildman–Crippen LogP) is 2.84. The third-order valence-corrected chi connectivity index (χ3v) is 3.63. The van der Waals surface area contributed by atoms with E-state index in [1.807, 2.05) is 13.0 Å². The largest absolute Gasteiger partial charge is 0.486 e. The second kappa shape index (κ2) is 7.52. The van der Waals surface area contributed by atoms with Crippen LogP contribution in [0.5, 0.6) is 11.5 Å². The van der Waals surface area contributed by atoms with E-state index in [9.17, 15) is 9.90 Å². The molecule has 0 aromatic heterocycles. The van der Waals surface area contributed by atoms with E-state index in [0.29, 0.717) is 42.7 Å². The van der Waals surface area contributed by atoms with E-state index in [0.717, 1.165) is 18.4 Å². The number of hydrogen-bond donors (Lipinski definition) is 2. The molecule has 1 aromatic rings. The first-order valence-electron chi connectivity index (χ1n) is 7.16. The number of carboxylic acid groups (broad SMARTS) is 1. The standard InChI is InChI=1S/C15H20ClNO4/c1-2-3-4-12(15(18)19)17-9-10-7-11(16)14-13(8-10)20-5-6-21-14/h7-8,12,17H,2-6,9H2,1H3,(H,18,19)/t12-/m0/s1. The molecule has 0 saturated heterocycles. The monoisotopic (exact) mass is 313 g/mol. The van der Waals surface area contributed by atoms with Crippen molar-refractivity contribution in [3.05, 3.63) is 22.7 Å². The highest BCUT2D eigenvalue weighted by Gasteiger charge is 2.19. The van der Waals surface area contributed by atoms with E-state index >= 15 is 0 Å². The smallest absolute Gasteiger partial charge is 0.320 e. The summed E-state index contributed by atoms with van der Waals surface area (Å²) >= 11 is 6.16. The molecule has 1 atom stereocenters. The molecule has 0 bridgehead atoms. The van der Waals surface area contributed by atoms with Gasteiger partial charge < -0.3 is 19.9 Å². The lowest BCUT2D eigenvalue weighted by atomic mass is 10.1. The summed E-state index contributed by atoms with van der Waals surface area (Å²) in [6.45, 7) is 3.45. The molecule has 2 rings (SSSR count). The molecule has 0 fully saturated rings. The molecule has 5 nitrogen and oxygen atoms in total. The first-order chi connectivity index (χ1) is 10.1. The third-order valence-electron chi connectivity index (χ3n) is 3.35. The van der Waals surface area contributed by atoms with E-state index in [4.69, 9.17) is 21.1 Å². The van der Waals surface area contributed by atoms with Crippen LogP contribution < -0.4 is 14.8 Å². The number of aliphatic carboxylic acids is 1. The van der Waals surface area contributed by atoms with Gasteiger partial charge in [-0.1, -0.05) is 31.4 Å². The van der Waals surface area contributed by atoms with E-state index in [1.165, 1.54) is 0 Å². The van der Waals surface area contributed by atoms with Gasteiger partial charge >= 0.3 is 5.97 Å². The summed E-state index contributed by atoms with van der Waals surface area (Å²) in [6.07, 6.45) is 2.47. The lowest BCUT2D eigenvalue weighted by Gasteiger charge is -2.21. The molecule has 1 heterocycles. The summed E-state index contributed by atoms with van der Waals surface area (Å²) in [4.78, 5) is 11.2. The Labute approximate surface area is 129 Å². The zero-order valence-electron chi connectivity index (χ0n) is 12.0. The molecule has 0 unspecified atom stereocenters. The van der Waals surface area contributed by atoms with Crippen molar-refractivity contribution in [1.29, 1.82) is 0 Å². The maximum absolute atomic E-state index is 11.2. The molecular formula is C15H20ClNO4. The second-order valence-corrected chi connectivity index (χ2v) is 5.42. The zero-order chi connectivity index (χ0) is 15.2. The second-order valence-electron chi connectivity index (χ2n) is 5.02. The summed E-state index contributed by atoms with van der Waals surface area (Å²) < 4.78 is 11.0. The molecule has 21 heavy (non-hydrogen) atoms. The van der Waals surface area contributed by atoms with Crippen molar-refractivity contribution < 1.29 is 19.4 Å². The van der Waals surface area contributed by atoms with Gasteiger partial charge in [-0.15, -0.1) is 0 Å². The van der Waals surface area contributed by atoms with Crippen LogP contribution in [0.1, 0.15) is 31.7 Å². The first kappa shape index (κ1) is 15.9. The Kier molecular flexibility index (Phi) is 5.70. The van der Waals surface area contributed by atoms with Gasteiger partial charge in [0.15, 0.2) is 11.5 Å². The van der Waals surface area contributed by atoms with E-state index < -0.39 is 12.0 Å². The summed E-state index contributed by atoms with van der Waals surface area (Å²) in [6, 6.07) is 3.07. The number of ether oxygens (including phenoxy) is 2. The summed E-state index contributed by atoms with van der Waals surface area (Å²) in [5.41, 5.74) is 0.881. The van der Waals surface area contributed by atoms with Crippen LogP contribution in [0.4, 0.5) is 0 Å². The van der Waals surface area contributed by atoms with Crippen molar-refractivity contribution in [2.24, 2.45) is 0 Å². The maximum Gasteiger partial charge on any atom is 0.320 e. The average molecular weight is 314 g/mol. The number of hydrogen-bond acceptors (Lipinski definition) is 4. The molecule has 0 amide bonds. The van der Waals surface area contributed by atoms with Gasteiger partial charge in [0.05, 0.1) is 5.02 Å². The Morgan fingerprint density at radius 2 is 2.19 bits per heavy atom. The predicted molar refractivity (Wildman–Crippen MR) is 80.2 cm³/mol. The maximum atomic E-state index is 11.2. The van der Waals surface area contributed by atoms with Gasteiger partial charge in [-0.25, -0.2) is 0 Å². The van der Waals surface area contributed by atoms with Crippen LogP contribution in [0.2, 0.25) is 5.02 Å². The van der Waals surface area contributed by atoms with Crippen molar-refractivity contribution in [2.45, 2.75) is 38.8 Å². The molecular weight excluding hydrogens is 294 g/mol. The number of fused-ring (bicyclic) bond motifs is 1. The summed E-state index contributed by atoms with van der Waals surface area (Å²) in [5.74, 6) is 0.352. The van der Waals surface area contributed by atoms with Crippen LogP contribution in [0.25, 0.3) is 0 Å². The molecule has 2 N–H and O–H groups in total. The van der Waals surface area contributed by atoms with E-state index in [1.54, 1.807) is 6.07 Å². The Balaban J connectivity index is 2.02. The zero-order valence-corrected chi connectivity index (χ0v) is 12.8. The average Bonchev–Trinajstić information content (AvgIpc) is 2.47. The van der Waals surface area contributed by atoms with E-state index in [2.05, 4.69) is 5.32 Å². The van der Waals surface area contributed by atoms with Crippen LogP contribution in [0.15, 0.2) is 12.1 Å². The number of halogens is 1. The fraction of sp³-hybridized carbons (Fsp3) is 0.533. The minimum Gasteiger partial charge on any atom is -0.486 e. The number of benzene rings is 1. The molecule has 1 aliphatic heterocycles. The number of carboxylic acids is 1. The van der Waals surface area contributed by atoms with Gasteiger partial charge in [-0.2, -0.15) is 0 Å². The molecule has 116 valence electrons. The van der Waals surface area contributed by atoms with Crippen LogP contribution in [0.3, 0.4) is 0 Å². The van der Waals surface area contributed by atoms with Crippen LogP contribution >= 0.6 is 11.6 Å². The molecule has 0 radical (unpaired) electrons. The number of unbranched alkanes of at least 4 members (excludes halogenated alkanes) is 1. The molecule has 0 aliphatic carbocycles. The molecule has 1 aliphatic rings. The van der Waals surface area contributed by atoms with Crippen molar-refractivity contribution in [3.63, 3.8) is 0 Å². The minimum atomic E-state index is -0.827.